The highest BCUT2D eigenvalue weighted by Gasteiger charge is 2.15. The van der Waals surface area contributed by atoms with Gasteiger partial charge in [-0.1, -0.05) is 29.1 Å². The van der Waals surface area contributed by atoms with Gasteiger partial charge < -0.3 is 4.52 Å². The summed E-state index contributed by atoms with van der Waals surface area (Å²) >= 11 is 3.20. The molecule has 132 valence electrons. The van der Waals surface area contributed by atoms with Crippen LogP contribution in [0.5, 0.6) is 0 Å². The van der Waals surface area contributed by atoms with Crippen LogP contribution in [0.2, 0.25) is 0 Å². The molecule has 0 aliphatic carbocycles. The number of thioether (sulfide) groups is 1. The molecule has 0 atom stereocenters. The van der Waals surface area contributed by atoms with Gasteiger partial charge in [0.2, 0.25) is 11.7 Å². The Morgan fingerprint density at radius 2 is 2.04 bits per heavy atom. The molecular formula is C18H15FN4OS2. The van der Waals surface area contributed by atoms with Crippen LogP contribution in [0.25, 0.3) is 21.6 Å². The van der Waals surface area contributed by atoms with Crippen molar-refractivity contribution in [3.05, 3.63) is 52.2 Å². The van der Waals surface area contributed by atoms with Crippen LogP contribution in [0.1, 0.15) is 21.9 Å². The summed E-state index contributed by atoms with van der Waals surface area (Å²) in [5.41, 5.74) is 2.39. The van der Waals surface area contributed by atoms with E-state index in [1.807, 2.05) is 0 Å². The van der Waals surface area contributed by atoms with Crippen molar-refractivity contribution in [3.63, 3.8) is 0 Å². The molecule has 3 aromatic heterocycles. The van der Waals surface area contributed by atoms with Gasteiger partial charge in [-0.25, -0.2) is 14.4 Å². The highest BCUT2D eigenvalue weighted by Crippen LogP contribution is 2.35. The van der Waals surface area contributed by atoms with Gasteiger partial charge in [0.05, 0.1) is 5.75 Å². The summed E-state index contributed by atoms with van der Waals surface area (Å²) in [6.07, 6.45) is 1.58. The van der Waals surface area contributed by atoms with Gasteiger partial charge in [0.25, 0.3) is 0 Å². The molecule has 0 radical (unpaired) electrons. The van der Waals surface area contributed by atoms with Crippen molar-refractivity contribution in [2.24, 2.45) is 0 Å². The van der Waals surface area contributed by atoms with E-state index in [0.717, 1.165) is 15.2 Å². The molecular weight excluding hydrogens is 371 g/mol. The van der Waals surface area contributed by atoms with Crippen LogP contribution in [-0.2, 0) is 5.75 Å². The quantitative estimate of drug-likeness (QED) is 0.359. The van der Waals surface area contributed by atoms with Crippen LogP contribution in [0.4, 0.5) is 4.39 Å². The zero-order valence-electron chi connectivity index (χ0n) is 14.4. The molecule has 0 saturated carbocycles. The zero-order valence-corrected chi connectivity index (χ0v) is 16.0. The fourth-order valence-corrected chi connectivity index (χ4v) is 4.51. The van der Waals surface area contributed by atoms with Crippen molar-refractivity contribution in [2.45, 2.75) is 31.6 Å². The number of rotatable bonds is 4. The minimum atomic E-state index is -0.282. The van der Waals surface area contributed by atoms with Crippen molar-refractivity contribution in [1.82, 2.24) is 20.1 Å². The van der Waals surface area contributed by atoms with Gasteiger partial charge in [0.15, 0.2) is 0 Å². The number of halogens is 1. The summed E-state index contributed by atoms with van der Waals surface area (Å²) in [5.74, 6) is 1.06. The van der Waals surface area contributed by atoms with Crippen LogP contribution in [0.3, 0.4) is 0 Å². The second-order valence-corrected chi connectivity index (χ2v) is 8.07. The highest BCUT2D eigenvalue weighted by atomic mass is 32.2. The second kappa shape index (κ2) is 6.77. The molecule has 0 bridgehead atoms. The predicted molar refractivity (Wildman–Crippen MR) is 101 cm³/mol. The number of aromatic nitrogens is 4. The van der Waals surface area contributed by atoms with E-state index in [-0.39, 0.29) is 5.82 Å². The first-order valence-corrected chi connectivity index (χ1v) is 9.75. The molecule has 0 saturated heterocycles. The average Bonchev–Trinajstić information content (AvgIpc) is 3.21. The first-order chi connectivity index (χ1) is 12.5. The Hall–Kier alpha value is -2.32. The minimum Gasteiger partial charge on any atom is -0.338 e. The van der Waals surface area contributed by atoms with E-state index in [1.165, 1.54) is 28.3 Å². The first kappa shape index (κ1) is 17.1. The van der Waals surface area contributed by atoms with Gasteiger partial charge in [0.1, 0.15) is 22.0 Å². The second-order valence-electron chi connectivity index (χ2n) is 5.91. The van der Waals surface area contributed by atoms with Crippen molar-refractivity contribution in [2.75, 3.05) is 0 Å². The van der Waals surface area contributed by atoms with Gasteiger partial charge in [-0.15, -0.1) is 11.3 Å². The van der Waals surface area contributed by atoms with E-state index in [1.54, 1.807) is 36.7 Å². The van der Waals surface area contributed by atoms with Crippen molar-refractivity contribution < 1.29 is 8.91 Å². The molecule has 0 aliphatic heterocycles. The van der Waals surface area contributed by atoms with Crippen LogP contribution in [-0.4, -0.2) is 20.1 Å². The molecule has 0 aliphatic rings. The van der Waals surface area contributed by atoms with E-state index in [4.69, 9.17) is 4.52 Å². The fourth-order valence-electron chi connectivity index (χ4n) is 2.55. The summed E-state index contributed by atoms with van der Waals surface area (Å²) in [5, 5.41) is 5.94. The Labute approximate surface area is 157 Å². The number of fused-ring (bicyclic) bond motifs is 1. The lowest BCUT2D eigenvalue weighted by Crippen LogP contribution is -1.88. The summed E-state index contributed by atoms with van der Waals surface area (Å²) in [6, 6.07) is 4.91. The third kappa shape index (κ3) is 3.10. The molecule has 0 unspecified atom stereocenters. The van der Waals surface area contributed by atoms with E-state index < -0.39 is 0 Å². The summed E-state index contributed by atoms with van der Waals surface area (Å²) in [4.78, 5) is 15.3. The lowest BCUT2D eigenvalue weighted by molar-refractivity contribution is 0.391. The molecule has 0 N–H and O–H groups in total. The Bertz CT molecular complexity index is 1110. The molecule has 0 fully saturated rings. The maximum atomic E-state index is 13.7. The number of benzene rings is 1. The normalized spacial score (nSPS) is 11.4. The summed E-state index contributed by atoms with van der Waals surface area (Å²) in [7, 11) is 0. The Balaban J connectivity index is 1.56. The zero-order chi connectivity index (χ0) is 18.3. The van der Waals surface area contributed by atoms with Gasteiger partial charge in [0, 0.05) is 15.8 Å². The minimum absolute atomic E-state index is 0.282. The van der Waals surface area contributed by atoms with Gasteiger partial charge in [-0.2, -0.15) is 4.98 Å². The first-order valence-electron chi connectivity index (χ1n) is 7.95. The molecule has 3 heterocycles. The summed E-state index contributed by atoms with van der Waals surface area (Å²) in [6.45, 7) is 5.88. The van der Waals surface area contributed by atoms with Crippen LogP contribution >= 0.6 is 23.1 Å². The fraction of sp³-hybridized carbons (Fsp3) is 0.222. The lowest BCUT2D eigenvalue weighted by Gasteiger charge is -2.00. The molecule has 8 heteroatoms. The Morgan fingerprint density at radius 1 is 1.19 bits per heavy atom. The molecule has 0 spiro atoms. The standard InChI is InChI=1S/C18H15FN4OS2/c1-9-4-5-12(6-13(9)19)16-22-14(24-23-16)7-25-17-15-10(2)11(3)26-18(15)21-8-20-17/h4-6,8H,7H2,1-3H3. The maximum Gasteiger partial charge on any atom is 0.237 e. The smallest absolute Gasteiger partial charge is 0.237 e. The third-order valence-electron chi connectivity index (χ3n) is 4.16. The van der Waals surface area contributed by atoms with E-state index in [9.17, 15) is 4.39 Å². The van der Waals surface area contributed by atoms with E-state index in [2.05, 4.69) is 34.0 Å². The molecule has 4 rings (SSSR count). The third-order valence-corrected chi connectivity index (χ3v) is 6.25. The molecule has 0 amide bonds. The van der Waals surface area contributed by atoms with Gasteiger partial charge in [-0.05, 0) is 38.0 Å². The predicted octanol–water partition coefficient (Wildman–Crippen LogP) is 5.10. The monoisotopic (exact) mass is 386 g/mol. The van der Waals surface area contributed by atoms with Crippen molar-refractivity contribution in [3.8, 4) is 11.4 Å². The van der Waals surface area contributed by atoms with E-state index >= 15 is 0 Å². The molecule has 1 aromatic carbocycles. The van der Waals surface area contributed by atoms with Crippen LogP contribution in [0, 0.1) is 26.6 Å². The average molecular weight is 386 g/mol. The molecule has 26 heavy (non-hydrogen) atoms. The molecule has 4 aromatic rings. The maximum absolute atomic E-state index is 13.7. The van der Waals surface area contributed by atoms with Gasteiger partial charge >= 0.3 is 0 Å². The number of aryl methyl sites for hydroxylation is 3. The van der Waals surface area contributed by atoms with Crippen LogP contribution in [0.15, 0.2) is 34.1 Å². The number of thiophene rings is 1. The Morgan fingerprint density at radius 3 is 2.85 bits per heavy atom. The Kier molecular flexibility index (Phi) is 4.46. The number of hydrogen-bond donors (Lipinski definition) is 0. The van der Waals surface area contributed by atoms with Crippen molar-refractivity contribution in [1.29, 1.82) is 0 Å². The number of hydrogen-bond acceptors (Lipinski definition) is 7. The topological polar surface area (TPSA) is 64.7 Å². The van der Waals surface area contributed by atoms with Gasteiger partial charge in [-0.3, -0.25) is 0 Å². The summed E-state index contributed by atoms with van der Waals surface area (Å²) < 4.78 is 19.0. The SMILES string of the molecule is Cc1ccc(-c2noc(CSc3ncnc4sc(C)c(C)c34)n2)cc1F. The molecule has 5 nitrogen and oxygen atoms in total. The largest absolute Gasteiger partial charge is 0.338 e. The van der Waals surface area contributed by atoms with Crippen molar-refractivity contribution >= 4 is 33.3 Å². The van der Waals surface area contributed by atoms with E-state index in [0.29, 0.717) is 28.6 Å². The lowest BCUT2D eigenvalue weighted by atomic mass is 10.1. The van der Waals surface area contributed by atoms with Crippen LogP contribution < -0.4 is 0 Å². The highest BCUT2D eigenvalue weighted by molar-refractivity contribution is 7.98. The number of nitrogens with zero attached hydrogens (tertiary/aromatic N) is 4.